The summed E-state index contributed by atoms with van der Waals surface area (Å²) in [6.45, 7) is 15.7. The molecule has 0 aliphatic carbocycles. The van der Waals surface area contributed by atoms with E-state index in [4.69, 9.17) is 17.0 Å². The Labute approximate surface area is 139 Å². The van der Waals surface area contributed by atoms with Crippen molar-refractivity contribution in [2.24, 2.45) is 0 Å². The fraction of sp³-hybridized carbons (Fsp3) is 0.765. The molecule has 0 saturated carbocycles. The molecule has 4 nitrogen and oxygen atoms in total. The van der Waals surface area contributed by atoms with Gasteiger partial charge >= 0.3 is 0 Å². The summed E-state index contributed by atoms with van der Waals surface area (Å²) < 4.78 is 6.17. The van der Waals surface area contributed by atoms with Crippen LogP contribution in [0.3, 0.4) is 0 Å². The molecule has 0 unspecified atom stereocenters. The largest absolute Gasteiger partial charge is 0.378 e. The summed E-state index contributed by atoms with van der Waals surface area (Å²) in [6, 6.07) is 0. The first-order valence-electron chi connectivity index (χ1n) is 8.09. The van der Waals surface area contributed by atoms with Crippen LogP contribution in [-0.2, 0) is 10.2 Å². The SMILES string of the molecule is CCN(CC)CCOCCN(C)c1c(C(C)(C)C)c(=O)c1=S. The standard InChI is InChI=1S/C17H30N2O2S/c1-7-19(8-2)10-12-21-11-9-18(6)14-13(17(3,4)5)15(20)16(14)22/h7-12H2,1-6H3. The van der Waals surface area contributed by atoms with Crippen LogP contribution < -0.4 is 10.3 Å². The molecule has 1 aromatic rings. The van der Waals surface area contributed by atoms with Crippen molar-refractivity contribution in [3.05, 3.63) is 20.3 Å². The van der Waals surface area contributed by atoms with Gasteiger partial charge in [0, 0.05) is 25.7 Å². The average molecular weight is 327 g/mol. The Hall–Kier alpha value is -0.780. The lowest BCUT2D eigenvalue weighted by Crippen LogP contribution is -2.36. The maximum atomic E-state index is 12.0. The molecule has 1 aromatic carbocycles. The molecule has 0 N–H and O–H groups in total. The van der Waals surface area contributed by atoms with E-state index in [2.05, 4.69) is 44.4 Å². The van der Waals surface area contributed by atoms with Crippen molar-refractivity contribution in [3.63, 3.8) is 0 Å². The molecule has 0 fully saturated rings. The third-order valence-corrected chi connectivity index (χ3v) is 4.41. The Morgan fingerprint density at radius 3 is 2.14 bits per heavy atom. The minimum absolute atomic E-state index is 0.0341. The highest BCUT2D eigenvalue weighted by molar-refractivity contribution is 7.71. The molecule has 22 heavy (non-hydrogen) atoms. The number of nitrogens with zero attached hydrogens (tertiary/aromatic N) is 2. The third kappa shape index (κ3) is 4.61. The molecule has 0 aromatic heterocycles. The van der Waals surface area contributed by atoms with Gasteiger partial charge < -0.3 is 14.5 Å². The molecule has 5 heteroatoms. The molecule has 0 aliphatic rings. The lowest BCUT2D eigenvalue weighted by atomic mass is 9.82. The number of hydrogen-bond acceptors (Lipinski definition) is 5. The first kappa shape index (κ1) is 19.3. The van der Waals surface area contributed by atoms with E-state index in [1.807, 2.05) is 7.05 Å². The second-order valence-corrected chi connectivity index (χ2v) is 7.10. The quantitative estimate of drug-likeness (QED) is 0.515. The molecule has 0 bridgehead atoms. The van der Waals surface area contributed by atoms with Gasteiger partial charge in [-0.15, -0.1) is 0 Å². The Bertz CT molecular complexity index is 537. The highest BCUT2D eigenvalue weighted by atomic mass is 32.1. The number of likely N-dealkylation sites (N-methyl/N-ethyl adjacent to an activating group) is 2. The first-order valence-corrected chi connectivity index (χ1v) is 8.49. The molecule has 0 atom stereocenters. The Balaban J connectivity index is 2.48. The topological polar surface area (TPSA) is 32.8 Å². The van der Waals surface area contributed by atoms with Crippen LogP contribution in [0.25, 0.3) is 0 Å². The van der Waals surface area contributed by atoms with Gasteiger partial charge in [0.2, 0.25) is 5.43 Å². The van der Waals surface area contributed by atoms with E-state index in [9.17, 15) is 4.79 Å². The van der Waals surface area contributed by atoms with Crippen LogP contribution in [0.2, 0.25) is 0 Å². The maximum absolute atomic E-state index is 12.0. The average Bonchev–Trinajstić information content (AvgIpc) is 2.45. The van der Waals surface area contributed by atoms with E-state index in [-0.39, 0.29) is 10.8 Å². The van der Waals surface area contributed by atoms with E-state index in [1.165, 1.54) is 0 Å². The van der Waals surface area contributed by atoms with Crippen LogP contribution in [0, 0.1) is 4.51 Å². The lowest BCUT2D eigenvalue weighted by molar-refractivity contribution is 0.112. The van der Waals surface area contributed by atoms with Gasteiger partial charge in [0.15, 0.2) is 0 Å². The zero-order chi connectivity index (χ0) is 16.9. The number of hydrogen-bond donors (Lipinski definition) is 0. The molecule has 0 saturated heterocycles. The van der Waals surface area contributed by atoms with Crippen LogP contribution >= 0.6 is 12.2 Å². The smallest absolute Gasteiger partial charge is 0.204 e. The minimum Gasteiger partial charge on any atom is -0.378 e. The van der Waals surface area contributed by atoms with Gasteiger partial charge in [0.1, 0.15) is 4.51 Å². The number of ether oxygens (including phenoxy) is 1. The molecule has 126 valence electrons. The summed E-state index contributed by atoms with van der Waals surface area (Å²) in [5.74, 6) is 0. The van der Waals surface area contributed by atoms with Gasteiger partial charge in [-0.3, -0.25) is 4.79 Å². The van der Waals surface area contributed by atoms with Crippen molar-refractivity contribution in [2.75, 3.05) is 51.3 Å². The summed E-state index contributed by atoms with van der Waals surface area (Å²) in [5, 5.41) is 0. The van der Waals surface area contributed by atoms with Crippen LogP contribution in [-0.4, -0.2) is 51.3 Å². The summed E-state index contributed by atoms with van der Waals surface area (Å²) in [7, 11) is 1.98. The van der Waals surface area contributed by atoms with Crippen LogP contribution in [0.4, 0.5) is 5.69 Å². The molecular weight excluding hydrogens is 296 g/mol. The van der Waals surface area contributed by atoms with Crippen molar-refractivity contribution in [1.82, 2.24) is 4.90 Å². The summed E-state index contributed by atoms with van der Waals surface area (Å²) in [6.07, 6.45) is 0. The van der Waals surface area contributed by atoms with Crippen molar-refractivity contribution in [3.8, 4) is 0 Å². The molecule has 0 spiro atoms. The molecule has 0 heterocycles. The van der Waals surface area contributed by atoms with Gasteiger partial charge in [-0.05, 0) is 18.5 Å². The van der Waals surface area contributed by atoms with E-state index >= 15 is 0 Å². The summed E-state index contributed by atoms with van der Waals surface area (Å²) in [4.78, 5) is 16.4. The second kappa shape index (κ2) is 8.18. The predicted octanol–water partition coefficient (Wildman–Crippen LogP) is 2.74. The fourth-order valence-corrected chi connectivity index (χ4v) is 2.95. The van der Waals surface area contributed by atoms with Gasteiger partial charge in [-0.2, -0.15) is 0 Å². The Morgan fingerprint density at radius 2 is 1.64 bits per heavy atom. The van der Waals surface area contributed by atoms with E-state index < -0.39 is 0 Å². The number of rotatable bonds is 9. The molecule has 0 radical (unpaired) electrons. The summed E-state index contributed by atoms with van der Waals surface area (Å²) >= 11 is 5.22. The highest BCUT2D eigenvalue weighted by Gasteiger charge is 2.29. The number of anilines is 1. The molecule has 0 amide bonds. The molecule has 1 rings (SSSR count). The molecular formula is C17H30N2O2S. The monoisotopic (exact) mass is 326 g/mol. The zero-order valence-corrected chi connectivity index (χ0v) is 15.7. The van der Waals surface area contributed by atoms with Crippen molar-refractivity contribution in [2.45, 2.75) is 40.0 Å². The maximum Gasteiger partial charge on any atom is 0.204 e. The van der Waals surface area contributed by atoms with Crippen molar-refractivity contribution < 1.29 is 4.74 Å². The highest BCUT2D eigenvalue weighted by Crippen LogP contribution is 2.32. The second-order valence-electron chi connectivity index (χ2n) is 6.69. The van der Waals surface area contributed by atoms with Gasteiger partial charge in [0.25, 0.3) is 0 Å². The first-order chi connectivity index (χ1) is 10.2. The van der Waals surface area contributed by atoms with Gasteiger partial charge in [-0.25, -0.2) is 0 Å². The van der Waals surface area contributed by atoms with Gasteiger partial charge in [-0.1, -0.05) is 46.8 Å². The van der Waals surface area contributed by atoms with E-state index in [1.54, 1.807) is 0 Å². The van der Waals surface area contributed by atoms with Crippen molar-refractivity contribution >= 4 is 17.9 Å². The predicted molar refractivity (Wildman–Crippen MR) is 96.5 cm³/mol. The van der Waals surface area contributed by atoms with Crippen LogP contribution in [0.1, 0.15) is 40.2 Å². The van der Waals surface area contributed by atoms with Crippen LogP contribution in [0.5, 0.6) is 0 Å². The summed E-state index contributed by atoms with van der Waals surface area (Å²) in [5.41, 5.74) is 1.65. The fourth-order valence-electron chi connectivity index (χ4n) is 2.59. The lowest BCUT2D eigenvalue weighted by Gasteiger charge is -2.30. The molecule has 0 aliphatic heterocycles. The van der Waals surface area contributed by atoms with Gasteiger partial charge in [0.05, 0.1) is 18.9 Å². The minimum atomic E-state index is -0.160. The van der Waals surface area contributed by atoms with E-state index in [0.717, 1.165) is 44.0 Å². The normalized spacial score (nSPS) is 12.3. The Kier molecular flexibility index (Phi) is 7.16. The van der Waals surface area contributed by atoms with Crippen molar-refractivity contribution in [1.29, 1.82) is 0 Å². The zero-order valence-electron chi connectivity index (χ0n) is 14.9. The Morgan fingerprint density at radius 1 is 1.09 bits per heavy atom. The van der Waals surface area contributed by atoms with Crippen LogP contribution in [0.15, 0.2) is 4.79 Å². The van der Waals surface area contributed by atoms with E-state index in [0.29, 0.717) is 11.1 Å². The third-order valence-electron chi connectivity index (χ3n) is 4.03.